The van der Waals surface area contributed by atoms with Crippen molar-refractivity contribution >= 4 is 6.03 Å². The fraction of sp³-hybridized carbons (Fsp3) is 0.889. The molecule has 38 heavy (non-hydrogen) atoms. The van der Waals surface area contributed by atoms with E-state index in [2.05, 4.69) is 39.1 Å². The Morgan fingerprint density at radius 3 is 2.37 bits per heavy atom. The maximum atomic E-state index is 15.2. The first-order valence-electron chi connectivity index (χ1n) is 14.5. The molecule has 3 heterocycles. The van der Waals surface area contributed by atoms with Crippen molar-refractivity contribution in [3.63, 3.8) is 0 Å². The number of urea groups is 1. The summed E-state index contributed by atoms with van der Waals surface area (Å²) in [6, 6.07) is -1.46. The van der Waals surface area contributed by atoms with Crippen LogP contribution in [0, 0.1) is 0 Å². The molecule has 4 atom stereocenters. The summed E-state index contributed by atoms with van der Waals surface area (Å²) in [4.78, 5) is 24.0. The highest BCUT2D eigenvalue weighted by Crippen LogP contribution is 2.44. The van der Waals surface area contributed by atoms with Crippen LogP contribution in [0.5, 0.6) is 0 Å². The van der Waals surface area contributed by atoms with Gasteiger partial charge >= 0.3 is 6.03 Å². The molecule has 0 unspecified atom stereocenters. The van der Waals surface area contributed by atoms with Gasteiger partial charge in [0.1, 0.15) is 12.2 Å². The van der Waals surface area contributed by atoms with Crippen LogP contribution in [-0.4, -0.2) is 100 Å². The molecule has 2 aliphatic heterocycles. The van der Waals surface area contributed by atoms with Gasteiger partial charge in [0.2, 0.25) is 5.89 Å². The highest BCUT2D eigenvalue weighted by Gasteiger charge is 2.51. The van der Waals surface area contributed by atoms with E-state index in [-0.39, 0.29) is 18.4 Å². The van der Waals surface area contributed by atoms with E-state index in [9.17, 15) is 9.18 Å². The van der Waals surface area contributed by atoms with E-state index in [1.165, 1.54) is 0 Å². The molecule has 4 aliphatic rings. The van der Waals surface area contributed by atoms with Crippen molar-refractivity contribution in [3.8, 4) is 0 Å². The lowest BCUT2D eigenvalue weighted by molar-refractivity contribution is -0.0962. The lowest BCUT2D eigenvalue weighted by Crippen LogP contribution is -2.65. The molecule has 11 heteroatoms. The van der Waals surface area contributed by atoms with Gasteiger partial charge in [-0.2, -0.15) is 4.98 Å². The van der Waals surface area contributed by atoms with Gasteiger partial charge in [-0.15, -0.1) is 0 Å². The maximum absolute atomic E-state index is 15.2. The topological polar surface area (TPSA) is 77.7 Å². The normalized spacial score (nSPS) is 31.9. The maximum Gasteiger partial charge on any atom is 0.317 e. The van der Waals surface area contributed by atoms with Crippen molar-refractivity contribution in [1.82, 2.24) is 30.2 Å². The van der Waals surface area contributed by atoms with Crippen molar-refractivity contribution in [1.29, 1.82) is 0 Å². The van der Waals surface area contributed by atoms with Gasteiger partial charge < -0.3 is 19.6 Å². The molecule has 0 spiro atoms. The number of aromatic nitrogens is 2. The van der Waals surface area contributed by atoms with E-state index in [0.29, 0.717) is 63.0 Å². The Balaban J connectivity index is 1.19. The molecule has 0 aromatic carbocycles. The molecule has 2 saturated carbocycles. The molecule has 214 valence electrons. The summed E-state index contributed by atoms with van der Waals surface area (Å²) in [5, 5.41) is 6.87. The van der Waals surface area contributed by atoms with E-state index in [4.69, 9.17) is 4.52 Å². The summed E-state index contributed by atoms with van der Waals surface area (Å²) in [7, 11) is 0. The smallest absolute Gasteiger partial charge is 0.317 e. The molecule has 1 aromatic rings. The van der Waals surface area contributed by atoms with Crippen LogP contribution in [-0.2, 0) is 5.41 Å². The standard InChI is InChI=1S/C27H43F3N6O2/c1-4-34(5-2)18-8-13-35(14-9-18)21-7-6-10-27(29,30)22(21)31-25(37)36-15-11-26(3,12-16-36)24-32-23(38-33-24)19-17-20(19)28/h18-22H,4-17H2,1-3H3,(H,31,37)/t19-,20+,21+,22-/m1/s1. The van der Waals surface area contributed by atoms with Crippen LogP contribution >= 0.6 is 0 Å². The van der Waals surface area contributed by atoms with Gasteiger partial charge in [-0.25, -0.2) is 18.0 Å². The molecule has 0 bridgehead atoms. The van der Waals surface area contributed by atoms with Gasteiger partial charge in [0.05, 0.1) is 5.92 Å². The van der Waals surface area contributed by atoms with Crippen molar-refractivity contribution in [2.45, 2.75) is 114 Å². The van der Waals surface area contributed by atoms with Crippen LogP contribution in [0.2, 0.25) is 0 Å². The molecule has 5 rings (SSSR count). The van der Waals surface area contributed by atoms with Crippen LogP contribution in [0.25, 0.3) is 0 Å². The summed E-state index contributed by atoms with van der Waals surface area (Å²) in [5.74, 6) is -2.34. The molecule has 1 aromatic heterocycles. The Bertz CT molecular complexity index is 956. The first-order chi connectivity index (χ1) is 18.1. The Labute approximate surface area is 223 Å². The van der Waals surface area contributed by atoms with Gasteiger partial charge in [-0.1, -0.05) is 25.9 Å². The monoisotopic (exact) mass is 540 g/mol. The highest BCUT2D eigenvalue weighted by molar-refractivity contribution is 5.75. The SMILES string of the molecule is CCN(CC)C1CCN([C@H]2CCCC(F)(F)[C@@H]2NC(=O)N2CCC(C)(c3noc([C@@H]4C[C@@H]4F)n3)CC2)CC1. The van der Waals surface area contributed by atoms with Crippen molar-refractivity contribution in [2.24, 2.45) is 0 Å². The number of hydrogen-bond donors (Lipinski definition) is 1. The molecule has 8 nitrogen and oxygen atoms in total. The third kappa shape index (κ3) is 5.55. The van der Waals surface area contributed by atoms with Crippen LogP contribution in [0.4, 0.5) is 18.0 Å². The fourth-order valence-electron chi connectivity index (χ4n) is 6.77. The molecule has 1 N–H and O–H groups in total. The largest absolute Gasteiger partial charge is 0.339 e. The molecule has 4 fully saturated rings. The number of nitrogens with zero attached hydrogens (tertiary/aromatic N) is 5. The first kappa shape index (κ1) is 27.7. The minimum Gasteiger partial charge on any atom is -0.339 e. The predicted octanol–water partition coefficient (Wildman–Crippen LogP) is 4.32. The second-order valence-corrected chi connectivity index (χ2v) is 12.0. The number of hydrogen-bond acceptors (Lipinski definition) is 6. The third-order valence-corrected chi connectivity index (χ3v) is 9.59. The van der Waals surface area contributed by atoms with E-state index < -0.39 is 29.6 Å². The zero-order valence-corrected chi connectivity index (χ0v) is 23.0. The summed E-state index contributed by atoms with van der Waals surface area (Å²) < 4.78 is 49.2. The summed E-state index contributed by atoms with van der Waals surface area (Å²) >= 11 is 0. The van der Waals surface area contributed by atoms with Gasteiger partial charge in [0, 0.05) is 50.1 Å². The van der Waals surface area contributed by atoms with E-state index in [1.807, 2.05) is 6.92 Å². The molecular weight excluding hydrogens is 497 g/mol. The number of halogens is 3. The van der Waals surface area contributed by atoms with Gasteiger partial charge in [0.25, 0.3) is 5.92 Å². The average Bonchev–Trinajstić information content (AvgIpc) is 3.42. The predicted molar refractivity (Wildman–Crippen MR) is 137 cm³/mol. The van der Waals surface area contributed by atoms with Crippen molar-refractivity contribution < 1.29 is 22.5 Å². The summed E-state index contributed by atoms with van der Waals surface area (Å²) in [5.41, 5.74) is -0.397. The minimum atomic E-state index is -2.93. The summed E-state index contributed by atoms with van der Waals surface area (Å²) in [6.45, 7) is 10.8. The number of carbonyl (C=O) groups excluding carboxylic acids is 1. The van der Waals surface area contributed by atoms with Crippen LogP contribution in [0.15, 0.2) is 4.52 Å². The Morgan fingerprint density at radius 2 is 1.76 bits per heavy atom. The second kappa shape index (κ2) is 10.9. The fourth-order valence-corrected chi connectivity index (χ4v) is 6.77. The number of alkyl halides is 3. The molecular formula is C27H43F3N6O2. The number of amides is 2. The van der Waals surface area contributed by atoms with Crippen LogP contribution < -0.4 is 5.32 Å². The zero-order chi connectivity index (χ0) is 27.1. The molecule has 2 saturated heterocycles. The Hall–Kier alpha value is -1.88. The van der Waals surface area contributed by atoms with Gasteiger partial charge in [-0.3, -0.25) is 4.90 Å². The lowest BCUT2D eigenvalue weighted by Gasteiger charge is -2.48. The molecule has 2 aliphatic carbocycles. The number of piperidine rings is 2. The Morgan fingerprint density at radius 1 is 1.11 bits per heavy atom. The van der Waals surface area contributed by atoms with Gasteiger partial charge in [0.15, 0.2) is 5.82 Å². The number of carbonyl (C=O) groups is 1. The highest BCUT2D eigenvalue weighted by atomic mass is 19.3. The number of nitrogens with one attached hydrogen (secondary N) is 1. The quantitative estimate of drug-likeness (QED) is 0.555. The number of rotatable bonds is 7. The van der Waals surface area contributed by atoms with Crippen LogP contribution in [0.1, 0.15) is 89.8 Å². The lowest BCUT2D eigenvalue weighted by atomic mass is 9.79. The first-order valence-corrected chi connectivity index (χ1v) is 14.5. The molecule has 2 amide bonds. The van der Waals surface area contributed by atoms with Crippen molar-refractivity contribution in [2.75, 3.05) is 39.3 Å². The minimum absolute atomic E-state index is 0.191. The van der Waals surface area contributed by atoms with Gasteiger partial charge in [-0.05, 0) is 58.0 Å². The average molecular weight is 541 g/mol. The van der Waals surface area contributed by atoms with Crippen LogP contribution in [0.3, 0.4) is 0 Å². The van der Waals surface area contributed by atoms with E-state index >= 15 is 8.78 Å². The van der Waals surface area contributed by atoms with Crippen molar-refractivity contribution in [3.05, 3.63) is 11.7 Å². The van der Waals surface area contributed by atoms with E-state index in [1.54, 1.807) is 4.90 Å². The Kier molecular flexibility index (Phi) is 7.97. The molecule has 0 radical (unpaired) electrons. The van der Waals surface area contributed by atoms with E-state index in [0.717, 1.165) is 39.0 Å². The third-order valence-electron chi connectivity index (χ3n) is 9.59. The number of likely N-dealkylation sites (tertiary alicyclic amines) is 2. The zero-order valence-electron chi connectivity index (χ0n) is 23.0. The summed E-state index contributed by atoms with van der Waals surface area (Å²) in [6.07, 6.45) is 3.60. The second-order valence-electron chi connectivity index (χ2n) is 12.0.